The van der Waals surface area contributed by atoms with E-state index in [1.807, 2.05) is 0 Å². The van der Waals surface area contributed by atoms with Crippen LogP contribution in [0.4, 0.5) is 12.9 Å². The van der Waals surface area contributed by atoms with E-state index in [-0.39, 0.29) is 62.9 Å². The molecule has 9 heteroatoms. The van der Waals surface area contributed by atoms with E-state index < -0.39 is 29.3 Å². The van der Waals surface area contributed by atoms with Gasteiger partial charge in [0.25, 0.3) is 0 Å². The van der Waals surface area contributed by atoms with Crippen molar-refractivity contribution in [1.29, 1.82) is 0 Å². The smallest absolute Gasteiger partial charge is 0.448 e. The number of nitrogens with zero attached hydrogens (tertiary/aromatic N) is 1. The Labute approximate surface area is 130 Å². The summed E-state index contributed by atoms with van der Waals surface area (Å²) in [5, 5.41) is 0. The summed E-state index contributed by atoms with van der Waals surface area (Å²) in [5.74, 6) is -0.136. The van der Waals surface area contributed by atoms with Gasteiger partial charge in [0.2, 0.25) is 0 Å². The summed E-state index contributed by atoms with van der Waals surface area (Å²) >= 11 is 0. The van der Waals surface area contributed by atoms with Gasteiger partial charge in [0.05, 0.1) is 11.5 Å². The van der Waals surface area contributed by atoms with Crippen molar-refractivity contribution >= 4 is 16.8 Å². The first-order valence-corrected chi connectivity index (χ1v) is 6.13. The van der Waals surface area contributed by atoms with Crippen molar-refractivity contribution < 1.29 is 72.7 Å². The molecule has 1 saturated heterocycles. The van der Waals surface area contributed by atoms with Gasteiger partial charge in [0.15, 0.2) is 9.84 Å². The SMILES string of the molecule is CN(C[B-](F)(F)F)C1CCS(=O)(=O)C1.[K+]. The summed E-state index contributed by atoms with van der Waals surface area (Å²) in [6, 6.07) is -0.469. The number of hydrogen-bond acceptors (Lipinski definition) is 3. The quantitative estimate of drug-likeness (QED) is 0.531. The maximum absolute atomic E-state index is 12.0. The van der Waals surface area contributed by atoms with Crippen LogP contribution in [0.25, 0.3) is 0 Å². The predicted molar refractivity (Wildman–Crippen MR) is 48.8 cm³/mol. The molecule has 0 bridgehead atoms. The monoisotopic (exact) mass is 269 g/mol. The Morgan fingerprint density at radius 1 is 1.40 bits per heavy atom. The number of rotatable bonds is 3. The largest absolute Gasteiger partial charge is 1.00 e. The molecule has 1 atom stereocenters. The maximum atomic E-state index is 12.0. The van der Waals surface area contributed by atoms with Crippen molar-refractivity contribution in [2.24, 2.45) is 0 Å². The van der Waals surface area contributed by atoms with Crippen LogP contribution in [-0.4, -0.2) is 51.3 Å². The Balaban J connectivity index is 0.00000196. The van der Waals surface area contributed by atoms with E-state index in [0.717, 1.165) is 4.90 Å². The molecule has 1 fully saturated rings. The van der Waals surface area contributed by atoms with Crippen LogP contribution in [0.15, 0.2) is 0 Å². The Kier molecular flexibility index (Phi) is 6.38. The molecule has 1 unspecified atom stereocenters. The molecule has 1 aliphatic heterocycles. The second kappa shape index (κ2) is 5.83. The van der Waals surface area contributed by atoms with Gasteiger partial charge in [-0.1, -0.05) is 0 Å². The van der Waals surface area contributed by atoms with Crippen molar-refractivity contribution in [3.63, 3.8) is 0 Å². The fraction of sp³-hybridized carbons (Fsp3) is 1.00. The molecule has 0 aromatic heterocycles. The van der Waals surface area contributed by atoms with E-state index in [9.17, 15) is 21.4 Å². The zero-order chi connectivity index (χ0) is 11.0. The Hall–Kier alpha value is 1.40. The number of halogens is 3. The fourth-order valence-corrected chi connectivity index (χ4v) is 3.40. The summed E-state index contributed by atoms with van der Waals surface area (Å²) < 4.78 is 58.1. The van der Waals surface area contributed by atoms with Crippen LogP contribution in [0.2, 0.25) is 0 Å². The van der Waals surface area contributed by atoms with Crippen LogP contribution in [0.3, 0.4) is 0 Å². The maximum Gasteiger partial charge on any atom is 1.00 e. The molecule has 3 nitrogen and oxygen atoms in total. The topological polar surface area (TPSA) is 37.4 Å². The molecule has 15 heavy (non-hydrogen) atoms. The molecule has 0 aromatic carbocycles. The first kappa shape index (κ1) is 16.4. The molecule has 1 heterocycles. The van der Waals surface area contributed by atoms with E-state index in [4.69, 9.17) is 0 Å². The summed E-state index contributed by atoms with van der Waals surface area (Å²) in [7, 11) is -1.78. The third-order valence-electron chi connectivity index (χ3n) is 2.33. The third kappa shape index (κ3) is 6.04. The van der Waals surface area contributed by atoms with Crippen molar-refractivity contribution in [1.82, 2.24) is 4.90 Å². The second-order valence-electron chi connectivity index (χ2n) is 3.71. The van der Waals surface area contributed by atoms with Gasteiger partial charge in [0.1, 0.15) is 0 Å². The summed E-state index contributed by atoms with van der Waals surface area (Å²) in [6.45, 7) is -4.87. The molecule has 0 N–H and O–H groups in total. The molecule has 1 aliphatic rings. The normalized spacial score (nSPS) is 25.3. The minimum atomic E-state index is -4.87. The van der Waals surface area contributed by atoms with E-state index >= 15 is 0 Å². The van der Waals surface area contributed by atoms with Gasteiger partial charge < -0.3 is 17.8 Å². The minimum absolute atomic E-state index is 0. The van der Waals surface area contributed by atoms with Crippen LogP contribution in [0.5, 0.6) is 0 Å². The van der Waals surface area contributed by atoms with Gasteiger partial charge in [-0.2, -0.15) is 0 Å². The molecule has 0 amide bonds. The molecule has 84 valence electrons. The zero-order valence-corrected chi connectivity index (χ0v) is 12.7. The minimum Gasteiger partial charge on any atom is -0.448 e. The van der Waals surface area contributed by atoms with Crippen LogP contribution in [0, 0.1) is 0 Å². The first-order valence-electron chi connectivity index (χ1n) is 4.31. The third-order valence-corrected chi connectivity index (χ3v) is 4.08. The summed E-state index contributed by atoms with van der Waals surface area (Å²) in [5.41, 5.74) is 0. The van der Waals surface area contributed by atoms with Crippen molar-refractivity contribution in [3.05, 3.63) is 0 Å². The first-order chi connectivity index (χ1) is 6.20. The Bertz CT molecular complexity index is 308. The van der Waals surface area contributed by atoms with Crippen molar-refractivity contribution in [3.8, 4) is 0 Å². The molecule has 0 radical (unpaired) electrons. The fourth-order valence-electron chi connectivity index (χ4n) is 1.60. The molecule has 0 aromatic rings. The van der Waals surface area contributed by atoms with Gasteiger partial charge in [-0.15, -0.1) is 0 Å². The van der Waals surface area contributed by atoms with Crippen LogP contribution < -0.4 is 51.4 Å². The zero-order valence-electron chi connectivity index (χ0n) is 8.79. The van der Waals surface area contributed by atoms with E-state index in [2.05, 4.69) is 0 Å². The average Bonchev–Trinajstić information content (AvgIpc) is 2.26. The Morgan fingerprint density at radius 3 is 2.27 bits per heavy atom. The molecule has 0 aliphatic carbocycles. The van der Waals surface area contributed by atoms with E-state index in [1.54, 1.807) is 0 Å². The Morgan fingerprint density at radius 2 is 1.93 bits per heavy atom. The standard InChI is InChI=1S/C6H12BF3NO2S.K/c1-11(5-7(8,9)10)6-2-3-14(12,13)4-6;/h6H,2-5H2,1H3;/q-1;+1. The number of sulfone groups is 1. The van der Waals surface area contributed by atoms with Gasteiger partial charge in [-0.05, 0) is 19.9 Å². The van der Waals surface area contributed by atoms with Gasteiger partial charge in [-0.25, -0.2) is 8.42 Å². The predicted octanol–water partition coefficient (Wildman–Crippen LogP) is -2.50. The number of hydrogen-bond donors (Lipinski definition) is 0. The van der Waals surface area contributed by atoms with E-state index in [1.165, 1.54) is 7.05 Å². The van der Waals surface area contributed by atoms with Gasteiger partial charge in [0, 0.05) is 6.04 Å². The summed E-state index contributed by atoms with van der Waals surface area (Å²) in [4.78, 5) is 1.09. The average molecular weight is 269 g/mol. The second-order valence-corrected chi connectivity index (χ2v) is 5.94. The van der Waals surface area contributed by atoms with E-state index in [0.29, 0.717) is 6.42 Å². The molecular formula is C6H12BF3KNO2S. The molecule has 0 saturated carbocycles. The van der Waals surface area contributed by atoms with Crippen molar-refractivity contribution in [2.75, 3.05) is 25.0 Å². The molecule has 1 rings (SSSR count). The van der Waals surface area contributed by atoms with Crippen LogP contribution in [-0.2, 0) is 9.84 Å². The van der Waals surface area contributed by atoms with Crippen molar-refractivity contribution in [2.45, 2.75) is 12.5 Å². The van der Waals surface area contributed by atoms with Crippen LogP contribution in [0.1, 0.15) is 6.42 Å². The molecule has 0 spiro atoms. The molecular weight excluding hydrogens is 257 g/mol. The van der Waals surface area contributed by atoms with Gasteiger partial charge in [-0.3, -0.25) is 0 Å². The van der Waals surface area contributed by atoms with Crippen LogP contribution >= 0.6 is 0 Å². The summed E-state index contributed by atoms with van der Waals surface area (Å²) in [6.07, 6.45) is -0.675. The van der Waals surface area contributed by atoms with Gasteiger partial charge >= 0.3 is 58.4 Å².